The molecule has 6 heteroatoms. The van der Waals surface area contributed by atoms with Crippen LogP contribution in [0.15, 0.2) is 139 Å². The van der Waals surface area contributed by atoms with Crippen molar-refractivity contribution in [1.82, 2.24) is 4.90 Å². The summed E-state index contributed by atoms with van der Waals surface area (Å²) in [6.45, 7) is 0.475. The van der Waals surface area contributed by atoms with Gasteiger partial charge in [0.1, 0.15) is 11.4 Å². The maximum Gasteiger partial charge on any atom is 0.212 e. The van der Waals surface area contributed by atoms with Crippen LogP contribution in [0.1, 0.15) is 51.8 Å². The number of halogens is 1. The van der Waals surface area contributed by atoms with Gasteiger partial charge in [0.15, 0.2) is 0 Å². The van der Waals surface area contributed by atoms with Gasteiger partial charge in [0, 0.05) is 16.7 Å². The van der Waals surface area contributed by atoms with Crippen LogP contribution in [0.2, 0.25) is 0 Å². The van der Waals surface area contributed by atoms with E-state index in [0.29, 0.717) is 35.1 Å². The van der Waals surface area contributed by atoms with Gasteiger partial charge < -0.3 is 20.0 Å². The lowest BCUT2D eigenvalue weighted by atomic mass is 9.80. The smallest absolute Gasteiger partial charge is 0.212 e. The van der Waals surface area contributed by atoms with Crippen LogP contribution in [0.3, 0.4) is 0 Å². The van der Waals surface area contributed by atoms with E-state index in [-0.39, 0.29) is 12.4 Å². The quantitative estimate of drug-likeness (QED) is 0.0848. The zero-order chi connectivity index (χ0) is 31.7. The highest BCUT2D eigenvalue weighted by Gasteiger charge is 2.39. The molecule has 0 amide bonds. The standard InChI is InChI=1S/C39H39FN2O3/c1-42(2)26-12-25-38(44,32-20-22-36(40)23-21-32)37-24-19-30(27-31(37)29-43)28-41-45-39(33-13-6-3-7-14-33,34-15-8-4-9-16-34)35-17-10-5-11-18-35/h3-11,13-24,27-28,43-44H,12,25-26,29H2,1-2H3/b41-28+. The first-order chi connectivity index (χ1) is 21.9. The molecule has 0 aliphatic heterocycles. The molecular formula is C39H39FN2O3. The molecule has 230 valence electrons. The van der Waals surface area contributed by atoms with Crippen molar-refractivity contribution in [1.29, 1.82) is 0 Å². The van der Waals surface area contributed by atoms with E-state index in [4.69, 9.17) is 4.84 Å². The summed E-state index contributed by atoms with van der Waals surface area (Å²) in [6, 6.07) is 41.3. The Labute approximate surface area is 264 Å². The third-order valence-electron chi connectivity index (χ3n) is 8.14. The molecule has 0 bridgehead atoms. The maximum atomic E-state index is 13.8. The average Bonchev–Trinajstić information content (AvgIpc) is 3.08. The SMILES string of the molecule is CN(C)CCCC(O)(c1ccc(F)cc1)c1ccc(/C=N/OC(c2ccccc2)(c2ccccc2)c2ccccc2)cc1CO. The highest BCUT2D eigenvalue weighted by molar-refractivity contribution is 5.80. The molecule has 1 unspecified atom stereocenters. The summed E-state index contributed by atoms with van der Waals surface area (Å²) in [7, 11) is 3.96. The van der Waals surface area contributed by atoms with Gasteiger partial charge >= 0.3 is 0 Å². The molecule has 0 fully saturated rings. The predicted octanol–water partition coefficient (Wildman–Crippen LogP) is 7.24. The number of hydrogen-bond donors (Lipinski definition) is 2. The van der Waals surface area contributed by atoms with Crippen LogP contribution in [-0.4, -0.2) is 42.0 Å². The second-order valence-corrected chi connectivity index (χ2v) is 11.5. The molecule has 1 atom stereocenters. The van der Waals surface area contributed by atoms with Crippen molar-refractivity contribution in [2.24, 2.45) is 5.16 Å². The number of aliphatic hydroxyl groups excluding tert-OH is 1. The van der Waals surface area contributed by atoms with E-state index in [2.05, 4.69) is 10.1 Å². The zero-order valence-electron chi connectivity index (χ0n) is 25.7. The van der Waals surface area contributed by atoms with Crippen LogP contribution in [0.25, 0.3) is 0 Å². The minimum atomic E-state index is -1.42. The summed E-state index contributed by atoms with van der Waals surface area (Å²) >= 11 is 0. The Morgan fingerprint density at radius 2 is 1.27 bits per heavy atom. The van der Waals surface area contributed by atoms with Crippen molar-refractivity contribution < 1.29 is 19.4 Å². The van der Waals surface area contributed by atoms with Crippen LogP contribution in [0, 0.1) is 5.82 Å². The van der Waals surface area contributed by atoms with Gasteiger partial charge in [0.05, 0.1) is 12.8 Å². The largest absolute Gasteiger partial charge is 0.392 e. The second kappa shape index (κ2) is 14.4. The van der Waals surface area contributed by atoms with Crippen LogP contribution in [-0.2, 0) is 22.6 Å². The van der Waals surface area contributed by atoms with Gasteiger partial charge in [-0.2, -0.15) is 0 Å². The van der Waals surface area contributed by atoms with Gasteiger partial charge in [-0.3, -0.25) is 0 Å². The van der Waals surface area contributed by atoms with E-state index in [1.54, 1.807) is 24.4 Å². The van der Waals surface area contributed by atoms with Gasteiger partial charge in [-0.1, -0.05) is 120 Å². The van der Waals surface area contributed by atoms with Crippen molar-refractivity contribution in [2.75, 3.05) is 20.6 Å². The molecule has 5 rings (SSSR count). The van der Waals surface area contributed by atoms with Gasteiger partial charge in [0.2, 0.25) is 5.60 Å². The zero-order valence-corrected chi connectivity index (χ0v) is 25.7. The Kier molecular flexibility index (Phi) is 10.2. The lowest BCUT2D eigenvalue weighted by Crippen LogP contribution is -2.31. The summed E-state index contributed by atoms with van der Waals surface area (Å²) in [5, 5.41) is 27.1. The van der Waals surface area contributed by atoms with E-state index in [1.807, 2.05) is 117 Å². The molecule has 0 saturated carbocycles. The van der Waals surface area contributed by atoms with Crippen LogP contribution < -0.4 is 0 Å². The van der Waals surface area contributed by atoms with E-state index < -0.39 is 11.2 Å². The van der Waals surface area contributed by atoms with E-state index in [1.165, 1.54) is 12.1 Å². The number of oxime groups is 1. The number of hydrogen-bond acceptors (Lipinski definition) is 5. The maximum absolute atomic E-state index is 13.8. The molecule has 0 radical (unpaired) electrons. The third-order valence-corrected chi connectivity index (χ3v) is 8.14. The third kappa shape index (κ3) is 7.04. The van der Waals surface area contributed by atoms with E-state index in [9.17, 15) is 14.6 Å². The first-order valence-electron chi connectivity index (χ1n) is 15.1. The molecule has 0 aromatic heterocycles. The normalized spacial score (nSPS) is 13.2. The molecule has 0 spiro atoms. The number of nitrogens with zero attached hydrogens (tertiary/aromatic N) is 2. The van der Waals surface area contributed by atoms with Crippen LogP contribution in [0.4, 0.5) is 4.39 Å². The summed E-state index contributed by atoms with van der Waals surface area (Å²) in [6.07, 6.45) is 2.72. The molecule has 45 heavy (non-hydrogen) atoms. The molecular weight excluding hydrogens is 563 g/mol. The fourth-order valence-electron chi connectivity index (χ4n) is 5.88. The first kappa shape index (κ1) is 31.8. The Balaban J connectivity index is 1.53. The van der Waals surface area contributed by atoms with Gasteiger partial charge in [-0.25, -0.2) is 4.39 Å². The Bertz CT molecular complexity index is 1580. The van der Waals surface area contributed by atoms with Crippen molar-refractivity contribution in [3.63, 3.8) is 0 Å². The summed E-state index contributed by atoms with van der Waals surface area (Å²) in [5.41, 5.74) is 2.72. The van der Waals surface area contributed by atoms with Gasteiger partial charge in [-0.15, -0.1) is 0 Å². The minimum Gasteiger partial charge on any atom is -0.392 e. The van der Waals surface area contributed by atoms with Crippen molar-refractivity contribution in [3.8, 4) is 0 Å². The van der Waals surface area contributed by atoms with Crippen LogP contribution >= 0.6 is 0 Å². The van der Waals surface area contributed by atoms with Gasteiger partial charge in [-0.05, 0) is 73.9 Å². The molecule has 0 aliphatic carbocycles. The molecule has 5 aromatic rings. The van der Waals surface area contributed by atoms with Crippen molar-refractivity contribution >= 4 is 6.21 Å². The lowest BCUT2D eigenvalue weighted by Gasteiger charge is -2.33. The molecule has 0 aliphatic rings. The highest BCUT2D eigenvalue weighted by atomic mass is 19.1. The summed E-state index contributed by atoms with van der Waals surface area (Å²) < 4.78 is 13.8. The topological polar surface area (TPSA) is 65.3 Å². The molecule has 2 N–H and O–H groups in total. The molecule has 5 nitrogen and oxygen atoms in total. The number of aliphatic hydroxyl groups is 2. The summed E-state index contributed by atoms with van der Waals surface area (Å²) in [4.78, 5) is 8.59. The Morgan fingerprint density at radius 1 is 0.733 bits per heavy atom. The average molecular weight is 603 g/mol. The second-order valence-electron chi connectivity index (χ2n) is 11.5. The minimum absolute atomic E-state index is 0.295. The lowest BCUT2D eigenvalue weighted by molar-refractivity contribution is 0.0183. The monoisotopic (exact) mass is 602 g/mol. The molecule has 0 saturated heterocycles. The van der Waals surface area contributed by atoms with Crippen molar-refractivity contribution in [3.05, 3.63) is 178 Å². The van der Waals surface area contributed by atoms with Crippen molar-refractivity contribution in [2.45, 2.75) is 30.7 Å². The number of rotatable bonds is 13. The van der Waals surface area contributed by atoms with E-state index in [0.717, 1.165) is 23.2 Å². The Hall–Kier alpha value is -4.62. The van der Waals surface area contributed by atoms with Crippen LogP contribution in [0.5, 0.6) is 0 Å². The van der Waals surface area contributed by atoms with E-state index >= 15 is 0 Å². The fraction of sp³-hybridized carbons (Fsp3) is 0.205. The molecule has 0 heterocycles. The predicted molar refractivity (Wildman–Crippen MR) is 177 cm³/mol. The number of benzene rings is 5. The van der Waals surface area contributed by atoms with Gasteiger partial charge in [0.25, 0.3) is 0 Å². The Morgan fingerprint density at radius 3 is 1.76 bits per heavy atom. The highest BCUT2D eigenvalue weighted by Crippen LogP contribution is 2.41. The first-order valence-corrected chi connectivity index (χ1v) is 15.1. The fourth-order valence-corrected chi connectivity index (χ4v) is 5.88. The molecule has 5 aromatic carbocycles. The summed E-state index contributed by atoms with van der Waals surface area (Å²) in [5.74, 6) is -0.374.